The van der Waals surface area contributed by atoms with Gasteiger partial charge in [-0.1, -0.05) is 6.92 Å². The summed E-state index contributed by atoms with van der Waals surface area (Å²) in [5, 5.41) is 14.3. The Labute approximate surface area is 113 Å². The van der Waals surface area contributed by atoms with Crippen LogP contribution in [0.2, 0.25) is 0 Å². The Morgan fingerprint density at radius 1 is 1.47 bits per heavy atom. The van der Waals surface area contributed by atoms with E-state index in [4.69, 9.17) is 9.84 Å². The second kappa shape index (κ2) is 6.75. The molecular formula is C13H24N2O4. The van der Waals surface area contributed by atoms with Crippen molar-refractivity contribution in [3.8, 4) is 0 Å². The van der Waals surface area contributed by atoms with Gasteiger partial charge in [-0.25, -0.2) is 4.79 Å². The normalized spacial score (nSPS) is 23.4. The standard InChI is InChI=1S/C13H24N2O4/c1-9(11(16)17)4-6-14-12(18)15-10-5-7-19-13(2,3)8-10/h9-10H,4-8H2,1-3H3,(H,16,17)(H2,14,15,18). The maximum absolute atomic E-state index is 11.7. The predicted molar refractivity (Wildman–Crippen MR) is 71.0 cm³/mol. The fourth-order valence-corrected chi connectivity index (χ4v) is 2.12. The number of urea groups is 1. The quantitative estimate of drug-likeness (QED) is 0.705. The summed E-state index contributed by atoms with van der Waals surface area (Å²) < 4.78 is 5.58. The van der Waals surface area contributed by atoms with Crippen LogP contribution in [0.3, 0.4) is 0 Å². The van der Waals surface area contributed by atoms with Gasteiger partial charge in [0.25, 0.3) is 0 Å². The molecular weight excluding hydrogens is 248 g/mol. The van der Waals surface area contributed by atoms with Gasteiger partial charge >= 0.3 is 12.0 Å². The van der Waals surface area contributed by atoms with E-state index in [-0.39, 0.29) is 17.7 Å². The van der Waals surface area contributed by atoms with Gasteiger partial charge in [0.2, 0.25) is 0 Å². The largest absolute Gasteiger partial charge is 0.481 e. The Morgan fingerprint density at radius 3 is 2.74 bits per heavy atom. The molecule has 19 heavy (non-hydrogen) atoms. The third-order valence-corrected chi connectivity index (χ3v) is 3.32. The minimum atomic E-state index is -0.839. The molecule has 0 saturated carbocycles. The molecule has 1 fully saturated rings. The number of carbonyl (C=O) groups excluding carboxylic acids is 1. The van der Waals surface area contributed by atoms with E-state index in [2.05, 4.69) is 10.6 Å². The average Bonchev–Trinajstić information content (AvgIpc) is 2.27. The molecule has 0 radical (unpaired) electrons. The zero-order valence-electron chi connectivity index (χ0n) is 11.9. The lowest BCUT2D eigenvalue weighted by Crippen LogP contribution is -2.49. The number of amides is 2. The predicted octanol–water partition coefficient (Wildman–Crippen LogP) is 1.35. The van der Waals surface area contributed by atoms with Crippen molar-refractivity contribution in [1.29, 1.82) is 0 Å². The summed E-state index contributed by atoms with van der Waals surface area (Å²) >= 11 is 0. The zero-order valence-corrected chi connectivity index (χ0v) is 11.9. The van der Waals surface area contributed by atoms with Gasteiger partial charge in [0.15, 0.2) is 0 Å². The first-order valence-corrected chi connectivity index (χ1v) is 6.71. The van der Waals surface area contributed by atoms with Crippen molar-refractivity contribution in [2.75, 3.05) is 13.2 Å². The highest BCUT2D eigenvalue weighted by atomic mass is 16.5. The van der Waals surface area contributed by atoms with Crippen LogP contribution in [0.1, 0.15) is 40.0 Å². The van der Waals surface area contributed by atoms with E-state index >= 15 is 0 Å². The third kappa shape index (κ3) is 5.92. The van der Waals surface area contributed by atoms with Crippen LogP contribution >= 0.6 is 0 Å². The van der Waals surface area contributed by atoms with Crippen LogP contribution in [0.4, 0.5) is 4.79 Å². The highest BCUT2D eigenvalue weighted by Gasteiger charge is 2.29. The molecule has 0 aromatic rings. The van der Waals surface area contributed by atoms with E-state index in [9.17, 15) is 9.59 Å². The number of hydrogen-bond donors (Lipinski definition) is 3. The van der Waals surface area contributed by atoms with E-state index in [1.165, 1.54) is 0 Å². The minimum Gasteiger partial charge on any atom is -0.481 e. The highest BCUT2D eigenvalue weighted by molar-refractivity contribution is 5.74. The Kier molecular flexibility index (Phi) is 5.60. The first-order valence-electron chi connectivity index (χ1n) is 6.71. The summed E-state index contributed by atoms with van der Waals surface area (Å²) in [6.45, 7) is 6.66. The van der Waals surface area contributed by atoms with Crippen LogP contribution < -0.4 is 10.6 Å². The SMILES string of the molecule is CC(CCNC(=O)NC1CCOC(C)(C)C1)C(=O)O. The third-order valence-electron chi connectivity index (χ3n) is 3.32. The van der Waals surface area contributed by atoms with E-state index in [1.807, 2.05) is 13.8 Å². The summed E-state index contributed by atoms with van der Waals surface area (Å²) in [5.74, 6) is -1.28. The van der Waals surface area contributed by atoms with Crippen molar-refractivity contribution in [3.63, 3.8) is 0 Å². The molecule has 1 saturated heterocycles. The van der Waals surface area contributed by atoms with Crippen molar-refractivity contribution in [2.24, 2.45) is 5.92 Å². The monoisotopic (exact) mass is 272 g/mol. The van der Waals surface area contributed by atoms with Crippen LogP contribution in [-0.4, -0.2) is 41.9 Å². The van der Waals surface area contributed by atoms with E-state index < -0.39 is 11.9 Å². The van der Waals surface area contributed by atoms with Gasteiger partial charge in [0.05, 0.1) is 11.5 Å². The Hall–Kier alpha value is -1.30. The molecule has 1 aliphatic heterocycles. The molecule has 0 aromatic heterocycles. The van der Waals surface area contributed by atoms with Crippen LogP contribution in [0.15, 0.2) is 0 Å². The lowest BCUT2D eigenvalue weighted by molar-refractivity contribution is -0.141. The van der Waals surface area contributed by atoms with Gasteiger partial charge in [-0.2, -0.15) is 0 Å². The Morgan fingerprint density at radius 2 is 2.16 bits per heavy atom. The molecule has 1 rings (SSSR count). The van der Waals surface area contributed by atoms with Crippen LogP contribution in [0, 0.1) is 5.92 Å². The second-order valence-corrected chi connectivity index (χ2v) is 5.73. The van der Waals surface area contributed by atoms with Crippen molar-refractivity contribution in [3.05, 3.63) is 0 Å². The summed E-state index contributed by atoms with van der Waals surface area (Å²) in [4.78, 5) is 22.3. The number of ether oxygens (including phenoxy) is 1. The fraction of sp³-hybridized carbons (Fsp3) is 0.846. The number of carboxylic acids is 1. The van der Waals surface area contributed by atoms with Crippen LogP contribution in [0.5, 0.6) is 0 Å². The molecule has 1 aliphatic rings. The zero-order chi connectivity index (χ0) is 14.5. The van der Waals surface area contributed by atoms with Gasteiger partial charge in [-0.15, -0.1) is 0 Å². The van der Waals surface area contributed by atoms with Crippen molar-refractivity contribution >= 4 is 12.0 Å². The maximum Gasteiger partial charge on any atom is 0.315 e. The van der Waals surface area contributed by atoms with Crippen LogP contribution in [0.25, 0.3) is 0 Å². The lowest BCUT2D eigenvalue weighted by Gasteiger charge is -2.35. The van der Waals surface area contributed by atoms with Crippen molar-refractivity contribution in [1.82, 2.24) is 10.6 Å². The summed E-state index contributed by atoms with van der Waals surface area (Å²) in [5.41, 5.74) is -0.200. The first kappa shape index (κ1) is 15.8. The number of hydrogen-bond acceptors (Lipinski definition) is 3. The van der Waals surface area contributed by atoms with Crippen molar-refractivity contribution < 1.29 is 19.4 Å². The Balaban J connectivity index is 2.22. The molecule has 3 N–H and O–H groups in total. The van der Waals surface area contributed by atoms with E-state index in [0.717, 1.165) is 12.8 Å². The number of rotatable bonds is 5. The summed E-state index contributed by atoms with van der Waals surface area (Å²) in [6, 6.07) is -0.124. The molecule has 0 aromatic carbocycles. The molecule has 0 aliphatic carbocycles. The Bertz CT molecular complexity index is 331. The maximum atomic E-state index is 11.7. The second-order valence-electron chi connectivity index (χ2n) is 5.73. The minimum absolute atomic E-state index is 0.112. The molecule has 6 heteroatoms. The molecule has 2 atom stereocenters. The average molecular weight is 272 g/mol. The van der Waals surface area contributed by atoms with Gasteiger partial charge < -0.3 is 20.5 Å². The fourth-order valence-electron chi connectivity index (χ4n) is 2.12. The molecule has 2 unspecified atom stereocenters. The van der Waals surface area contributed by atoms with E-state index in [1.54, 1.807) is 6.92 Å². The summed E-state index contributed by atoms with van der Waals surface area (Å²) in [6.07, 6.45) is 2.02. The van der Waals surface area contributed by atoms with E-state index in [0.29, 0.717) is 19.6 Å². The molecule has 0 bridgehead atoms. The molecule has 110 valence electrons. The first-order chi connectivity index (χ1) is 8.80. The highest BCUT2D eigenvalue weighted by Crippen LogP contribution is 2.23. The van der Waals surface area contributed by atoms with Crippen LogP contribution in [-0.2, 0) is 9.53 Å². The molecule has 2 amide bonds. The lowest BCUT2D eigenvalue weighted by atomic mass is 9.94. The van der Waals surface area contributed by atoms with Gasteiger partial charge in [-0.3, -0.25) is 4.79 Å². The number of carbonyl (C=O) groups is 2. The van der Waals surface area contributed by atoms with Gasteiger partial charge in [0, 0.05) is 19.2 Å². The molecule has 6 nitrogen and oxygen atoms in total. The van der Waals surface area contributed by atoms with Gasteiger partial charge in [-0.05, 0) is 33.1 Å². The van der Waals surface area contributed by atoms with Crippen molar-refractivity contribution in [2.45, 2.75) is 51.7 Å². The molecule has 0 spiro atoms. The number of aliphatic carboxylic acids is 1. The topological polar surface area (TPSA) is 87.7 Å². The molecule has 1 heterocycles. The summed E-state index contributed by atoms with van der Waals surface area (Å²) in [7, 11) is 0. The smallest absolute Gasteiger partial charge is 0.315 e. The number of nitrogens with one attached hydrogen (secondary N) is 2. The van der Waals surface area contributed by atoms with Gasteiger partial charge in [0.1, 0.15) is 0 Å². The number of carboxylic acid groups (broad SMARTS) is 1.